The van der Waals surface area contributed by atoms with Crippen LogP contribution in [0.1, 0.15) is 29.4 Å². The third-order valence-electron chi connectivity index (χ3n) is 4.68. The van der Waals surface area contributed by atoms with Gasteiger partial charge in [-0.05, 0) is 37.1 Å². The minimum absolute atomic E-state index is 0.141. The predicted octanol–water partition coefficient (Wildman–Crippen LogP) is 1.74. The van der Waals surface area contributed by atoms with E-state index in [-0.39, 0.29) is 29.3 Å². The molecule has 11 heteroatoms. The molecule has 0 fully saturated rings. The van der Waals surface area contributed by atoms with Crippen molar-refractivity contribution in [3.63, 3.8) is 0 Å². The van der Waals surface area contributed by atoms with Crippen LogP contribution in [0.4, 0.5) is 0 Å². The Morgan fingerprint density at radius 3 is 3.03 bits per heavy atom. The van der Waals surface area contributed by atoms with E-state index in [4.69, 9.17) is 25.3 Å². The molecule has 0 bridgehead atoms. The molecule has 2 aliphatic heterocycles. The van der Waals surface area contributed by atoms with Crippen LogP contribution in [0.2, 0.25) is 5.02 Å². The van der Waals surface area contributed by atoms with Crippen molar-refractivity contribution < 1.29 is 26.9 Å². The first-order valence-electron chi connectivity index (χ1n) is 9.20. The maximum Gasteiger partial charge on any atom is 0.272 e. The van der Waals surface area contributed by atoms with Gasteiger partial charge in [0.1, 0.15) is 12.4 Å². The maximum absolute atomic E-state index is 12.6. The largest absolute Gasteiger partial charge is 0.491 e. The molecule has 1 aromatic heterocycles. The summed E-state index contributed by atoms with van der Waals surface area (Å²) in [6.07, 6.45) is -0.0208. The number of nitrogens with one attached hydrogen (secondary N) is 1. The fraction of sp³-hybridized carbons (Fsp3) is 0.444. The number of aryl methyl sites for hydroxylation is 1. The van der Waals surface area contributed by atoms with Gasteiger partial charge in [0.05, 0.1) is 18.3 Å². The lowest BCUT2D eigenvalue weighted by molar-refractivity contribution is -0.0234. The van der Waals surface area contributed by atoms with E-state index in [2.05, 4.69) is 10.4 Å². The summed E-state index contributed by atoms with van der Waals surface area (Å²) in [5.41, 5.74) is 1.11. The van der Waals surface area contributed by atoms with Crippen molar-refractivity contribution >= 4 is 27.6 Å². The van der Waals surface area contributed by atoms with Gasteiger partial charge in [0.15, 0.2) is 5.69 Å². The van der Waals surface area contributed by atoms with Crippen molar-refractivity contribution in [1.82, 2.24) is 15.1 Å². The molecule has 4 rings (SSSR count). The molecule has 1 amide bonds. The van der Waals surface area contributed by atoms with Gasteiger partial charge >= 0.3 is 0 Å². The summed E-state index contributed by atoms with van der Waals surface area (Å²) < 4.78 is 41.0. The number of benzene rings is 1. The van der Waals surface area contributed by atoms with E-state index in [0.717, 1.165) is 11.3 Å². The van der Waals surface area contributed by atoms with Crippen LogP contribution in [0.5, 0.6) is 11.6 Å². The number of carbonyl (C=O) groups is 1. The van der Waals surface area contributed by atoms with Gasteiger partial charge in [-0.3, -0.25) is 4.79 Å². The number of fused-ring (bicyclic) bond motifs is 2. The van der Waals surface area contributed by atoms with Gasteiger partial charge in [0.25, 0.3) is 16.0 Å². The number of nitrogens with zero attached hydrogens (tertiary/aromatic N) is 2. The fourth-order valence-electron chi connectivity index (χ4n) is 3.20. The van der Waals surface area contributed by atoms with Crippen molar-refractivity contribution in [2.75, 3.05) is 12.4 Å². The lowest BCUT2D eigenvalue weighted by atomic mass is 10.0. The summed E-state index contributed by atoms with van der Waals surface area (Å²) in [7, 11) is -3.64. The molecule has 1 aromatic carbocycles. The van der Waals surface area contributed by atoms with Gasteiger partial charge in [-0.1, -0.05) is 11.6 Å². The van der Waals surface area contributed by atoms with Gasteiger partial charge < -0.3 is 14.8 Å². The van der Waals surface area contributed by atoms with Crippen LogP contribution in [-0.4, -0.2) is 48.8 Å². The zero-order valence-corrected chi connectivity index (χ0v) is 17.2. The van der Waals surface area contributed by atoms with E-state index in [9.17, 15) is 13.2 Å². The molecule has 1 unspecified atom stereocenters. The highest BCUT2D eigenvalue weighted by Gasteiger charge is 2.29. The molecule has 0 saturated heterocycles. The molecule has 3 heterocycles. The Morgan fingerprint density at radius 1 is 1.41 bits per heavy atom. The van der Waals surface area contributed by atoms with E-state index in [1.807, 2.05) is 12.1 Å². The number of carbonyl (C=O) groups excluding carboxylic acids is 1. The molecule has 156 valence electrons. The first-order chi connectivity index (χ1) is 13.8. The van der Waals surface area contributed by atoms with Gasteiger partial charge in [-0.2, -0.15) is 13.5 Å². The number of hydrogen-bond donors (Lipinski definition) is 1. The first kappa shape index (κ1) is 20.0. The quantitative estimate of drug-likeness (QED) is 0.704. The molecule has 0 saturated carbocycles. The molecule has 2 atom stereocenters. The maximum atomic E-state index is 12.6. The summed E-state index contributed by atoms with van der Waals surface area (Å²) >= 11 is 6.03. The Hall–Kier alpha value is -2.30. The number of halogens is 1. The Morgan fingerprint density at radius 2 is 2.24 bits per heavy atom. The predicted molar refractivity (Wildman–Crippen MR) is 104 cm³/mol. The molecule has 0 spiro atoms. The highest BCUT2D eigenvalue weighted by Crippen LogP contribution is 2.28. The lowest BCUT2D eigenvalue weighted by Gasteiger charge is -2.25. The second kappa shape index (κ2) is 7.85. The molecule has 9 nitrogen and oxygen atoms in total. The normalized spacial score (nSPS) is 20.8. The van der Waals surface area contributed by atoms with Crippen LogP contribution in [0, 0.1) is 0 Å². The van der Waals surface area contributed by atoms with Crippen LogP contribution in [0.25, 0.3) is 0 Å². The van der Waals surface area contributed by atoms with Gasteiger partial charge in [0.2, 0.25) is 12.2 Å². The molecule has 1 N–H and O–H groups in total. The van der Waals surface area contributed by atoms with Crippen LogP contribution in [-0.2, 0) is 27.3 Å². The molecular formula is C18H20ClN3O6S. The molecule has 0 radical (unpaired) electrons. The van der Waals surface area contributed by atoms with E-state index < -0.39 is 16.4 Å². The number of aromatic nitrogens is 2. The van der Waals surface area contributed by atoms with Gasteiger partial charge in [-0.25, -0.2) is 8.86 Å². The average Bonchev–Trinajstić information content (AvgIpc) is 3.11. The zero-order chi connectivity index (χ0) is 20.6. The number of ether oxygens (including phenoxy) is 2. The monoisotopic (exact) mass is 441 g/mol. The van der Waals surface area contributed by atoms with Crippen LogP contribution >= 0.6 is 11.6 Å². The minimum Gasteiger partial charge on any atom is -0.491 e. The Kier molecular flexibility index (Phi) is 5.41. The van der Waals surface area contributed by atoms with Crippen molar-refractivity contribution in [1.29, 1.82) is 0 Å². The minimum atomic E-state index is -3.64. The number of rotatable bonds is 5. The van der Waals surface area contributed by atoms with Gasteiger partial charge in [0, 0.05) is 17.5 Å². The van der Waals surface area contributed by atoms with E-state index >= 15 is 0 Å². The lowest BCUT2D eigenvalue weighted by Crippen LogP contribution is -2.42. The van der Waals surface area contributed by atoms with Gasteiger partial charge in [-0.15, -0.1) is 0 Å². The highest BCUT2D eigenvalue weighted by molar-refractivity contribution is 7.86. The summed E-state index contributed by atoms with van der Waals surface area (Å²) in [5, 5.41) is 7.75. The smallest absolute Gasteiger partial charge is 0.272 e. The highest BCUT2D eigenvalue weighted by atomic mass is 35.5. The Labute approximate surface area is 173 Å². The Balaban J connectivity index is 1.40. The van der Waals surface area contributed by atoms with Crippen molar-refractivity contribution in [3.05, 3.63) is 40.5 Å². The standard InChI is InChI=1S/C18H20ClN3O6S/c1-2-29(24,25)28-17-5-6-22-16(27-17)9-14(21-22)18(23)20-13-8-11-7-12(19)3-4-15(11)26-10-13/h3-4,7,9,13,17H,2,5-6,8,10H2,1H3,(H,20,23)/t13-,17?/m1/s1. The first-order valence-corrected chi connectivity index (χ1v) is 11.2. The molecular weight excluding hydrogens is 422 g/mol. The molecule has 2 aliphatic rings. The number of hydrogen-bond acceptors (Lipinski definition) is 7. The zero-order valence-electron chi connectivity index (χ0n) is 15.6. The third-order valence-corrected chi connectivity index (χ3v) is 6.13. The summed E-state index contributed by atoms with van der Waals surface area (Å²) in [4.78, 5) is 12.6. The molecule has 29 heavy (non-hydrogen) atoms. The van der Waals surface area contributed by atoms with Crippen LogP contribution < -0.4 is 14.8 Å². The van der Waals surface area contributed by atoms with E-state index in [1.54, 1.807) is 6.07 Å². The molecule has 2 aromatic rings. The van der Waals surface area contributed by atoms with Crippen molar-refractivity contribution in [3.8, 4) is 11.6 Å². The third kappa shape index (κ3) is 4.49. The SMILES string of the molecule is CCS(=O)(=O)OC1CCn2nc(C(=O)N[C@H]3COc4ccc(Cl)cc4C3)cc2O1. The second-order valence-electron chi connectivity index (χ2n) is 6.81. The summed E-state index contributed by atoms with van der Waals surface area (Å²) in [6.45, 7) is 2.21. The van der Waals surface area contributed by atoms with Crippen molar-refractivity contribution in [2.24, 2.45) is 0 Å². The van der Waals surface area contributed by atoms with Crippen molar-refractivity contribution in [2.45, 2.75) is 38.6 Å². The summed E-state index contributed by atoms with van der Waals surface area (Å²) in [5.74, 6) is 0.541. The van der Waals surface area contributed by atoms with E-state index in [0.29, 0.717) is 31.0 Å². The summed E-state index contributed by atoms with van der Waals surface area (Å²) in [6, 6.07) is 6.64. The second-order valence-corrected chi connectivity index (χ2v) is 9.13. The van der Waals surface area contributed by atoms with Crippen LogP contribution in [0.15, 0.2) is 24.3 Å². The Bertz CT molecular complexity index is 1040. The fourth-order valence-corrected chi connectivity index (χ4v) is 3.99. The molecule has 0 aliphatic carbocycles. The average molecular weight is 442 g/mol. The topological polar surface area (TPSA) is 109 Å². The van der Waals surface area contributed by atoms with E-state index in [1.165, 1.54) is 17.7 Å². The number of amides is 1. The van der Waals surface area contributed by atoms with Crippen LogP contribution in [0.3, 0.4) is 0 Å².